The van der Waals surface area contributed by atoms with Crippen LogP contribution in [-0.4, -0.2) is 22.3 Å². The van der Waals surface area contributed by atoms with Gasteiger partial charge in [-0.2, -0.15) is 0 Å². The molecule has 4 heteroatoms. The van der Waals surface area contributed by atoms with Gasteiger partial charge in [0.1, 0.15) is 5.82 Å². The number of hydrogen-bond donors (Lipinski definition) is 2. The summed E-state index contributed by atoms with van der Waals surface area (Å²) in [6.45, 7) is 1.60. The maximum Gasteiger partial charge on any atom is 0.310 e. The molecular formula is C12H15FO3. The number of carbonyl (C=O) groups is 1. The van der Waals surface area contributed by atoms with Crippen LogP contribution in [0.15, 0.2) is 24.3 Å². The fourth-order valence-corrected chi connectivity index (χ4v) is 1.56. The van der Waals surface area contributed by atoms with Gasteiger partial charge in [-0.1, -0.05) is 12.1 Å². The average molecular weight is 226 g/mol. The Morgan fingerprint density at radius 1 is 1.44 bits per heavy atom. The molecule has 1 aromatic carbocycles. The van der Waals surface area contributed by atoms with E-state index in [1.165, 1.54) is 18.2 Å². The lowest BCUT2D eigenvalue weighted by Gasteiger charge is -2.13. The van der Waals surface area contributed by atoms with Gasteiger partial charge in [0.2, 0.25) is 0 Å². The van der Waals surface area contributed by atoms with Crippen molar-refractivity contribution in [3.8, 4) is 0 Å². The molecule has 1 aromatic rings. The van der Waals surface area contributed by atoms with Gasteiger partial charge in [-0.3, -0.25) is 4.79 Å². The van der Waals surface area contributed by atoms with E-state index in [4.69, 9.17) is 10.2 Å². The van der Waals surface area contributed by atoms with Crippen LogP contribution in [0.25, 0.3) is 0 Å². The van der Waals surface area contributed by atoms with Crippen LogP contribution in [0.3, 0.4) is 0 Å². The fourth-order valence-electron chi connectivity index (χ4n) is 1.56. The summed E-state index contributed by atoms with van der Waals surface area (Å²) in [7, 11) is 0. The number of aliphatic carboxylic acids is 1. The predicted octanol–water partition coefficient (Wildman–Crippen LogP) is 2.15. The second-order valence-electron chi connectivity index (χ2n) is 3.87. The van der Waals surface area contributed by atoms with Crippen molar-refractivity contribution in [1.82, 2.24) is 0 Å². The van der Waals surface area contributed by atoms with Crippen LogP contribution in [0, 0.1) is 5.82 Å². The highest BCUT2D eigenvalue weighted by molar-refractivity contribution is 5.76. The molecule has 0 aliphatic rings. The smallest absolute Gasteiger partial charge is 0.310 e. The minimum Gasteiger partial charge on any atom is -0.481 e. The number of carboxylic acid groups (broad SMARTS) is 1. The third kappa shape index (κ3) is 3.62. The first-order chi connectivity index (χ1) is 7.50. The monoisotopic (exact) mass is 226 g/mol. The van der Waals surface area contributed by atoms with Gasteiger partial charge < -0.3 is 10.2 Å². The lowest BCUT2D eigenvalue weighted by atomic mass is 9.93. The number of aliphatic hydroxyl groups is 1. The second-order valence-corrected chi connectivity index (χ2v) is 3.87. The Kier molecular flexibility index (Phi) is 4.43. The van der Waals surface area contributed by atoms with Crippen LogP contribution in [0.2, 0.25) is 0 Å². The molecule has 0 spiro atoms. The van der Waals surface area contributed by atoms with Crippen LogP contribution in [0.1, 0.15) is 31.2 Å². The van der Waals surface area contributed by atoms with Crippen LogP contribution < -0.4 is 0 Å². The van der Waals surface area contributed by atoms with E-state index in [0.29, 0.717) is 18.4 Å². The van der Waals surface area contributed by atoms with Crippen LogP contribution in [0.5, 0.6) is 0 Å². The topological polar surface area (TPSA) is 57.5 Å². The van der Waals surface area contributed by atoms with E-state index in [9.17, 15) is 9.18 Å². The SMILES string of the molecule is CC(O)CCC(C(=O)O)c1cccc(F)c1. The molecule has 0 aromatic heterocycles. The average Bonchev–Trinajstić information content (AvgIpc) is 2.17. The van der Waals surface area contributed by atoms with E-state index in [2.05, 4.69) is 0 Å². The first-order valence-corrected chi connectivity index (χ1v) is 5.17. The molecule has 0 bridgehead atoms. The molecule has 2 N–H and O–H groups in total. The molecule has 88 valence electrons. The maximum atomic E-state index is 12.9. The summed E-state index contributed by atoms with van der Waals surface area (Å²) in [5.74, 6) is -2.20. The van der Waals surface area contributed by atoms with E-state index >= 15 is 0 Å². The lowest BCUT2D eigenvalue weighted by Crippen LogP contribution is -2.14. The minimum atomic E-state index is -0.994. The van der Waals surface area contributed by atoms with Crippen molar-refractivity contribution >= 4 is 5.97 Å². The van der Waals surface area contributed by atoms with Crippen LogP contribution in [0.4, 0.5) is 4.39 Å². The van der Waals surface area contributed by atoms with Gasteiger partial charge in [-0.05, 0) is 37.5 Å². The fraction of sp³-hybridized carbons (Fsp3) is 0.417. The zero-order valence-corrected chi connectivity index (χ0v) is 9.06. The van der Waals surface area contributed by atoms with Gasteiger partial charge in [0, 0.05) is 0 Å². The minimum absolute atomic E-state index is 0.302. The lowest BCUT2D eigenvalue weighted by molar-refractivity contribution is -0.139. The molecule has 0 saturated heterocycles. The number of benzene rings is 1. The van der Waals surface area contributed by atoms with Gasteiger partial charge in [-0.15, -0.1) is 0 Å². The van der Waals surface area contributed by atoms with E-state index in [1.54, 1.807) is 13.0 Å². The summed E-state index contributed by atoms with van der Waals surface area (Å²) in [6, 6.07) is 5.57. The number of rotatable bonds is 5. The van der Waals surface area contributed by atoms with Crippen molar-refractivity contribution in [3.63, 3.8) is 0 Å². The van der Waals surface area contributed by atoms with Gasteiger partial charge in [0.05, 0.1) is 12.0 Å². The second kappa shape index (κ2) is 5.61. The van der Waals surface area contributed by atoms with Crippen molar-refractivity contribution in [1.29, 1.82) is 0 Å². The number of halogens is 1. The third-order valence-electron chi connectivity index (χ3n) is 2.42. The number of hydrogen-bond acceptors (Lipinski definition) is 2. The van der Waals surface area contributed by atoms with Gasteiger partial charge in [0.15, 0.2) is 0 Å². The van der Waals surface area contributed by atoms with Crippen molar-refractivity contribution in [2.24, 2.45) is 0 Å². The van der Waals surface area contributed by atoms with E-state index < -0.39 is 23.8 Å². The van der Waals surface area contributed by atoms with Crippen molar-refractivity contribution in [2.45, 2.75) is 31.8 Å². The molecule has 1 rings (SSSR count). The highest BCUT2D eigenvalue weighted by Crippen LogP contribution is 2.23. The number of aliphatic hydroxyl groups excluding tert-OH is 1. The molecule has 0 aliphatic carbocycles. The molecular weight excluding hydrogens is 211 g/mol. The Morgan fingerprint density at radius 2 is 2.12 bits per heavy atom. The first-order valence-electron chi connectivity index (χ1n) is 5.17. The molecule has 0 radical (unpaired) electrons. The Bertz CT molecular complexity index is 363. The van der Waals surface area contributed by atoms with Crippen LogP contribution >= 0.6 is 0 Å². The highest BCUT2D eigenvalue weighted by Gasteiger charge is 2.20. The number of carboxylic acids is 1. The predicted molar refractivity (Wildman–Crippen MR) is 57.7 cm³/mol. The van der Waals surface area contributed by atoms with Crippen molar-refractivity contribution in [2.75, 3.05) is 0 Å². The zero-order valence-electron chi connectivity index (χ0n) is 9.06. The molecule has 0 fully saturated rings. The normalized spacial score (nSPS) is 14.4. The first kappa shape index (κ1) is 12.6. The summed E-state index contributed by atoms with van der Waals surface area (Å²) in [5, 5.41) is 18.1. The largest absolute Gasteiger partial charge is 0.481 e. The molecule has 0 heterocycles. The summed E-state index contributed by atoms with van der Waals surface area (Å²) in [4.78, 5) is 11.0. The van der Waals surface area contributed by atoms with Gasteiger partial charge in [-0.25, -0.2) is 4.39 Å². The Morgan fingerprint density at radius 3 is 2.62 bits per heavy atom. The summed E-state index contributed by atoms with van der Waals surface area (Å²) in [5.41, 5.74) is 0.438. The van der Waals surface area contributed by atoms with E-state index in [-0.39, 0.29) is 0 Å². The quantitative estimate of drug-likeness (QED) is 0.808. The third-order valence-corrected chi connectivity index (χ3v) is 2.42. The van der Waals surface area contributed by atoms with Gasteiger partial charge >= 0.3 is 5.97 Å². The molecule has 2 unspecified atom stereocenters. The summed E-state index contributed by atoms with van der Waals surface area (Å²) < 4.78 is 12.9. The Hall–Kier alpha value is -1.42. The summed E-state index contributed by atoms with van der Waals surface area (Å²) >= 11 is 0. The highest BCUT2D eigenvalue weighted by atomic mass is 19.1. The zero-order chi connectivity index (χ0) is 12.1. The van der Waals surface area contributed by atoms with Crippen molar-refractivity contribution < 1.29 is 19.4 Å². The van der Waals surface area contributed by atoms with Crippen molar-refractivity contribution in [3.05, 3.63) is 35.6 Å². The molecule has 0 amide bonds. The van der Waals surface area contributed by atoms with E-state index in [1.807, 2.05) is 0 Å². The molecule has 0 aliphatic heterocycles. The summed E-state index contributed by atoms with van der Waals surface area (Å²) in [6.07, 6.45) is 0.139. The molecule has 2 atom stereocenters. The van der Waals surface area contributed by atoms with Gasteiger partial charge in [0.25, 0.3) is 0 Å². The van der Waals surface area contributed by atoms with Crippen LogP contribution in [-0.2, 0) is 4.79 Å². The van der Waals surface area contributed by atoms with E-state index in [0.717, 1.165) is 0 Å². The molecule has 0 saturated carbocycles. The Balaban J connectivity index is 2.81. The Labute approximate surface area is 93.5 Å². The maximum absolute atomic E-state index is 12.9. The molecule has 3 nitrogen and oxygen atoms in total. The standard InChI is InChI=1S/C12H15FO3/c1-8(14)5-6-11(12(15)16)9-3-2-4-10(13)7-9/h2-4,7-8,11,14H,5-6H2,1H3,(H,15,16). The molecule has 16 heavy (non-hydrogen) atoms.